The summed E-state index contributed by atoms with van der Waals surface area (Å²) in [6.45, 7) is 2.87. The quantitative estimate of drug-likeness (QED) is 0.296. The number of rotatable bonds is 9. The van der Waals surface area contributed by atoms with E-state index in [0.29, 0.717) is 42.3 Å². The second-order valence-corrected chi connectivity index (χ2v) is 9.45. The molecule has 0 saturated carbocycles. The maximum atomic E-state index is 13.5. The van der Waals surface area contributed by atoms with Crippen LogP contribution in [0, 0.1) is 5.82 Å². The molecule has 0 unspecified atom stereocenters. The molecule has 0 bridgehead atoms. The van der Waals surface area contributed by atoms with Gasteiger partial charge in [0.1, 0.15) is 18.2 Å². The summed E-state index contributed by atoms with van der Waals surface area (Å²) in [5.74, 6) is 1.96. The fourth-order valence-corrected chi connectivity index (χ4v) is 5.05. The van der Waals surface area contributed by atoms with Crippen LogP contribution in [0.3, 0.4) is 0 Å². The lowest BCUT2D eigenvalue weighted by Crippen LogP contribution is -2.38. The molecular weight excluding hydrogens is 485 g/mol. The first kappa shape index (κ1) is 25.7. The summed E-state index contributed by atoms with van der Waals surface area (Å²) in [6, 6.07) is 19.6. The summed E-state index contributed by atoms with van der Waals surface area (Å²) < 4.78 is 32.4. The zero-order valence-electron chi connectivity index (χ0n) is 21.7. The summed E-state index contributed by atoms with van der Waals surface area (Å²) in [4.78, 5) is 20.2. The Morgan fingerprint density at radius 1 is 1.00 bits per heavy atom. The number of amides is 1. The number of benzene rings is 3. The summed E-state index contributed by atoms with van der Waals surface area (Å²) in [5.41, 5.74) is 3.37. The van der Waals surface area contributed by atoms with E-state index in [4.69, 9.17) is 19.2 Å². The second kappa shape index (κ2) is 11.6. The highest BCUT2D eigenvalue weighted by Crippen LogP contribution is 2.33. The smallest absolute Gasteiger partial charge is 0.253 e. The van der Waals surface area contributed by atoms with Crippen LogP contribution in [0.5, 0.6) is 11.5 Å². The van der Waals surface area contributed by atoms with Gasteiger partial charge in [-0.05, 0) is 60.9 Å². The van der Waals surface area contributed by atoms with Gasteiger partial charge in [-0.3, -0.25) is 4.79 Å². The van der Waals surface area contributed by atoms with Crippen LogP contribution in [0.25, 0.3) is 11.0 Å². The minimum Gasteiger partial charge on any atom is -0.493 e. The SMILES string of the molecule is COCCn1c(C2CCN(C(=O)c3ccc(OCc4cccc(F)c4)c(OC)c3)CC2)nc2ccccc21. The van der Waals surface area contributed by atoms with Crippen molar-refractivity contribution in [1.82, 2.24) is 14.5 Å². The number of imidazole rings is 1. The number of methoxy groups -OCH3 is 2. The molecule has 0 N–H and O–H groups in total. The zero-order chi connectivity index (χ0) is 26.5. The normalized spacial score (nSPS) is 14.1. The van der Waals surface area contributed by atoms with Gasteiger partial charge >= 0.3 is 0 Å². The van der Waals surface area contributed by atoms with Crippen LogP contribution in [0.15, 0.2) is 66.7 Å². The van der Waals surface area contributed by atoms with Crippen LogP contribution in [0.2, 0.25) is 0 Å². The van der Waals surface area contributed by atoms with Crippen molar-refractivity contribution in [3.8, 4) is 11.5 Å². The zero-order valence-corrected chi connectivity index (χ0v) is 21.7. The lowest BCUT2D eigenvalue weighted by molar-refractivity contribution is 0.0709. The molecular formula is C30H32FN3O4. The lowest BCUT2D eigenvalue weighted by atomic mass is 9.95. The maximum absolute atomic E-state index is 13.5. The van der Waals surface area contributed by atoms with E-state index in [1.165, 1.54) is 12.1 Å². The van der Waals surface area contributed by atoms with Gasteiger partial charge in [-0.1, -0.05) is 24.3 Å². The molecule has 2 heterocycles. The number of carbonyl (C=O) groups is 1. The van der Waals surface area contributed by atoms with Crippen LogP contribution < -0.4 is 9.47 Å². The Morgan fingerprint density at radius 2 is 1.82 bits per heavy atom. The van der Waals surface area contributed by atoms with E-state index >= 15 is 0 Å². The van der Waals surface area contributed by atoms with Crippen molar-refractivity contribution in [1.29, 1.82) is 0 Å². The van der Waals surface area contributed by atoms with E-state index in [9.17, 15) is 9.18 Å². The fraction of sp³-hybridized carbons (Fsp3) is 0.333. The van der Waals surface area contributed by atoms with Gasteiger partial charge in [-0.2, -0.15) is 0 Å². The predicted octanol–water partition coefficient (Wildman–Crippen LogP) is 5.43. The molecule has 1 aromatic heterocycles. The minimum atomic E-state index is -0.310. The molecule has 1 aliphatic heterocycles. The van der Waals surface area contributed by atoms with Crippen molar-refractivity contribution in [3.05, 3.63) is 89.5 Å². The Hall–Kier alpha value is -3.91. The molecule has 1 aliphatic rings. The topological polar surface area (TPSA) is 65.8 Å². The van der Waals surface area contributed by atoms with E-state index < -0.39 is 0 Å². The number of hydrogen-bond donors (Lipinski definition) is 0. The van der Waals surface area contributed by atoms with Gasteiger partial charge in [-0.25, -0.2) is 9.37 Å². The molecule has 0 spiro atoms. The molecule has 1 fully saturated rings. The molecule has 198 valence electrons. The molecule has 4 aromatic rings. The number of carbonyl (C=O) groups excluding carboxylic acids is 1. The van der Waals surface area contributed by atoms with Crippen LogP contribution in [0.4, 0.5) is 4.39 Å². The second-order valence-electron chi connectivity index (χ2n) is 9.45. The van der Waals surface area contributed by atoms with Crippen molar-refractivity contribution in [2.75, 3.05) is 33.9 Å². The number of para-hydroxylation sites is 2. The molecule has 38 heavy (non-hydrogen) atoms. The van der Waals surface area contributed by atoms with Crippen LogP contribution in [-0.4, -0.2) is 54.3 Å². The Balaban J connectivity index is 1.25. The van der Waals surface area contributed by atoms with Crippen LogP contribution in [0.1, 0.15) is 40.5 Å². The Bertz CT molecular complexity index is 1410. The number of halogens is 1. The fourth-order valence-electron chi connectivity index (χ4n) is 5.05. The highest BCUT2D eigenvalue weighted by atomic mass is 19.1. The van der Waals surface area contributed by atoms with E-state index in [-0.39, 0.29) is 24.2 Å². The summed E-state index contributed by atoms with van der Waals surface area (Å²) >= 11 is 0. The molecule has 1 saturated heterocycles. The highest BCUT2D eigenvalue weighted by Gasteiger charge is 2.28. The van der Waals surface area contributed by atoms with E-state index in [1.54, 1.807) is 44.6 Å². The minimum absolute atomic E-state index is 0.0358. The molecule has 5 rings (SSSR count). The maximum Gasteiger partial charge on any atom is 0.253 e. The van der Waals surface area contributed by atoms with Gasteiger partial charge < -0.3 is 23.7 Å². The molecule has 3 aromatic carbocycles. The standard InChI is InChI=1S/C30H32FN3O4/c1-36-17-16-34-26-9-4-3-8-25(26)32-29(34)22-12-14-33(15-13-22)30(35)23-10-11-27(28(19-23)37-2)38-20-21-6-5-7-24(31)18-21/h3-11,18-19,22H,12-17,20H2,1-2H3. The molecule has 0 atom stereocenters. The number of nitrogens with zero attached hydrogens (tertiary/aromatic N) is 3. The first-order valence-electron chi connectivity index (χ1n) is 12.9. The van der Waals surface area contributed by atoms with Crippen LogP contribution in [-0.2, 0) is 17.9 Å². The summed E-state index contributed by atoms with van der Waals surface area (Å²) in [5, 5.41) is 0. The monoisotopic (exact) mass is 517 g/mol. The highest BCUT2D eigenvalue weighted by molar-refractivity contribution is 5.95. The average molecular weight is 518 g/mol. The van der Waals surface area contributed by atoms with E-state index in [1.807, 2.05) is 23.1 Å². The number of aromatic nitrogens is 2. The van der Waals surface area contributed by atoms with Gasteiger partial charge in [0, 0.05) is 38.2 Å². The number of likely N-dealkylation sites (tertiary alicyclic amines) is 1. The molecule has 0 radical (unpaired) electrons. The molecule has 0 aliphatic carbocycles. The van der Waals surface area contributed by atoms with Crippen LogP contribution >= 0.6 is 0 Å². The van der Waals surface area contributed by atoms with Crippen molar-refractivity contribution < 1.29 is 23.4 Å². The average Bonchev–Trinajstić information content (AvgIpc) is 3.33. The van der Waals surface area contributed by atoms with Crippen molar-refractivity contribution in [2.45, 2.75) is 31.9 Å². The van der Waals surface area contributed by atoms with Gasteiger partial charge in [0.15, 0.2) is 11.5 Å². The number of ether oxygens (including phenoxy) is 3. The third-order valence-corrected chi connectivity index (χ3v) is 7.04. The third-order valence-electron chi connectivity index (χ3n) is 7.04. The molecule has 8 heteroatoms. The first-order valence-corrected chi connectivity index (χ1v) is 12.9. The summed E-state index contributed by atoms with van der Waals surface area (Å²) in [6.07, 6.45) is 1.68. The van der Waals surface area contributed by atoms with E-state index in [0.717, 1.165) is 36.2 Å². The predicted molar refractivity (Wildman–Crippen MR) is 143 cm³/mol. The largest absolute Gasteiger partial charge is 0.493 e. The third kappa shape index (κ3) is 5.50. The lowest BCUT2D eigenvalue weighted by Gasteiger charge is -2.32. The van der Waals surface area contributed by atoms with Gasteiger partial charge in [0.05, 0.1) is 24.8 Å². The van der Waals surface area contributed by atoms with Crippen molar-refractivity contribution in [3.63, 3.8) is 0 Å². The Morgan fingerprint density at radius 3 is 2.58 bits per heavy atom. The first-order chi connectivity index (χ1) is 18.6. The number of fused-ring (bicyclic) bond motifs is 1. The molecule has 7 nitrogen and oxygen atoms in total. The van der Waals surface area contributed by atoms with Crippen molar-refractivity contribution >= 4 is 16.9 Å². The Kier molecular flexibility index (Phi) is 7.89. The van der Waals surface area contributed by atoms with Gasteiger partial charge in [-0.15, -0.1) is 0 Å². The Labute approximate surface area is 221 Å². The molecule has 1 amide bonds. The van der Waals surface area contributed by atoms with E-state index in [2.05, 4.69) is 10.6 Å². The summed E-state index contributed by atoms with van der Waals surface area (Å²) in [7, 11) is 3.25. The van der Waals surface area contributed by atoms with Gasteiger partial charge in [0.2, 0.25) is 0 Å². The number of hydrogen-bond acceptors (Lipinski definition) is 5. The van der Waals surface area contributed by atoms with Crippen molar-refractivity contribution in [2.24, 2.45) is 0 Å². The van der Waals surface area contributed by atoms with Gasteiger partial charge in [0.25, 0.3) is 5.91 Å². The number of piperidine rings is 1.